The van der Waals surface area contributed by atoms with Gasteiger partial charge in [0.15, 0.2) is 0 Å². The first-order valence-electron chi connectivity index (χ1n) is 8.59. The molecule has 1 heterocycles. The van der Waals surface area contributed by atoms with Gasteiger partial charge in [0, 0.05) is 14.2 Å². The average molecular weight is 330 g/mol. The van der Waals surface area contributed by atoms with Crippen molar-refractivity contribution in [1.82, 2.24) is 0 Å². The molecule has 0 bridgehead atoms. The van der Waals surface area contributed by atoms with Gasteiger partial charge in [0.05, 0.1) is 6.61 Å². The Labute approximate surface area is 140 Å². The summed E-state index contributed by atoms with van der Waals surface area (Å²) in [7, 11) is 3.10. The van der Waals surface area contributed by atoms with E-state index in [0.29, 0.717) is 0 Å². The van der Waals surface area contributed by atoms with Crippen molar-refractivity contribution in [1.29, 1.82) is 0 Å². The molecule has 1 N–H and O–H groups in total. The molecule has 5 heteroatoms. The molecule has 0 saturated carbocycles. The van der Waals surface area contributed by atoms with Crippen molar-refractivity contribution in [3.63, 3.8) is 0 Å². The zero-order valence-electron chi connectivity index (χ0n) is 15.6. The Balaban J connectivity index is 2.62. The van der Waals surface area contributed by atoms with E-state index in [1.165, 1.54) is 24.8 Å². The molecule has 1 aliphatic rings. The summed E-state index contributed by atoms with van der Waals surface area (Å²) >= 11 is 0. The van der Waals surface area contributed by atoms with E-state index in [1.807, 2.05) is 13.0 Å². The topological polar surface area (TPSA) is 57.2 Å². The zero-order chi connectivity index (χ0) is 17.5. The van der Waals surface area contributed by atoms with E-state index in [9.17, 15) is 5.11 Å². The van der Waals surface area contributed by atoms with E-state index in [0.717, 1.165) is 12.8 Å². The van der Waals surface area contributed by atoms with Crippen LogP contribution in [0.1, 0.15) is 59.8 Å². The maximum Gasteiger partial charge on any atom is 0.220 e. The Kier molecular flexibility index (Phi) is 8.18. The molecular formula is C18H34O5. The minimum Gasteiger partial charge on any atom is -0.386 e. The molecule has 0 aromatic rings. The standard InChI is InChI=1S/C18H34O5/c1-7-8-9-10-11-14(2)12-15(19)16-13-22-17(3,20-5)18(4,21-6)23-16/h12,15-16,19H,7-11,13H2,1-6H3/b14-12+/t15-,16+,17+,18+/m0/s1. The SMILES string of the molecule is CCCCCC/C(C)=C/[C@H](O)[C@H]1CO[C@@](C)(OC)[C@](C)(OC)O1. The van der Waals surface area contributed by atoms with Crippen molar-refractivity contribution in [3.05, 3.63) is 11.6 Å². The summed E-state index contributed by atoms with van der Waals surface area (Å²) in [6, 6.07) is 0. The minimum atomic E-state index is -1.07. The van der Waals surface area contributed by atoms with Gasteiger partial charge in [-0.3, -0.25) is 0 Å². The fourth-order valence-electron chi connectivity index (χ4n) is 2.76. The molecule has 1 aliphatic heterocycles. The van der Waals surface area contributed by atoms with Crippen molar-refractivity contribution < 1.29 is 24.1 Å². The number of methoxy groups -OCH3 is 2. The molecule has 0 radical (unpaired) electrons. The molecular weight excluding hydrogens is 296 g/mol. The third-order valence-electron chi connectivity index (χ3n) is 4.76. The van der Waals surface area contributed by atoms with Crippen LogP contribution in [0.4, 0.5) is 0 Å². The normalized spacial score (nSPS) is 33.7. The highest BCUT2D eigenvalue weighted by Crippen LogP contribution is 2.37. The van der Waals surface area contributed by atoms with Gasteiger partial charge in [0.25, 0.3) is 0 Å². The highest BCUT2D eigenvalue weighted by molar-refractivity contribution is 5.05. The number of ether oxygens (including phenoxy) is 4. The van der Waals surface area contributed by atoms with Crippen molar-refractivity contribution in [3.8, 4) is 0 Å². The molecule has 23 heavy (non-hydrogen) atoms. The van der Waals surface area contributed by atoms with Crippen LogP contribution >= 0.6 is 0 Å². The summed E-state index contributed by atoms with van der Waals surface area (Å²) in [5.74, 6) is -2.08. The summed E-state index contributed by atoms with van der Waals surface area (Å²) in [6.07, 6.45) is 6.54. The number of aliphatic hydroxyl groups excluding tert-OH is 1. The fraction of sp³-hybridized carbons (Fsp3) is 0.889. The van der Waals surface area contributed by atoms with E-state index in [1.54, 1.807) is 28.1 Å². The molecule has 1 fully saturated rings. The van der Waals surface area contributed by atoms with Crippen LogP contribution in [0.15, 0.2) is 11.6 Å². The molecule has 1 saturated heterocycles. The molecule has 0 aliphatic carbocycles. The summed E-state index contributed by atoms with van der Waals surface area (Å²) in [5.41, 5.74) is 1.18. The second-order valence-electron chi connectivity index (χ2n) is 6.58. The number of rotatable bonds is 9. The molecule has 0 spiro atoms. The predicted octanol–water partition coefficient (Wildman–Crippen LogP) is 3.40. The highest BCUT2D eigenvalue weighted by Gasteiger charge is 2.54. The predicted molar refractivity (Wildman–Crippen MR) is 90.2 cm³/mol. The molecule has 136 valence electrons. The van der Waals surface area contributed by atoms with Crippen LogP contribution in [0.2, 0.25) is 0 Å². The molecule has 0 aromatic heterocycles. The molecule has 4 atom stereocenters. The first kappa shape index (κ1) is 20.6. The molecule has 0 aromatic carbocycles. The minimum absolute atomic E-state index is 0.254. The van der Waals surface area contributed by atoms with Crippen LogP contribution < -0.4 is 0 Å². The van der Waals surface area contributed by atoms with Crippen molar-refractivity contribution in [2.75, 3.05) is 20.8 Å². The lowest BCUT2D eigenvalue weighted by atomic mass is 10.0. The first-order chi connectivity index (χ1) is 10.8. The van der Waals surface area contributed by atoms with Gasteiger partial charge in [0.2, 0.25) is 11.6 Å². The largest absolute Gasteiger partial charge is 0.386 e. The van der Waals surface area contributed by atoms with Gasteiger partial charge in [0.1, 0.15) is 12.2 Å². The number of unbranched alkanes of at least 4 members (excludes halogenated alkanes) is 3. The van der Waals surface area contributed by atoms with E-state index in [2.05, 4.69) is 6.92 Å². The summed E-state index contributed by atoms with van der Waals surface area (Å²) in [6.45, 7) is 8.04. The van der Waals surface area contributed by atoms with E-state index in [4.69, 9.17) is 18.9 Å². The monoisotopic (exact) mass is 330 g/mol. The second kappa shape index (κ2) is 9.14. The van der Waals surface area contributed by atoms with Crippen LogP contribution in [-0.2, 0) is 18.9 Å². The van der Waals surface area contributed by atoms with Gasteiger partial charge in [-0.2, -0.15) is 0 Å². The Bertz CT molecular complexity index is 384. The van der Waals surface area contributed by atoms with E-state index in [-0.39, 0.29) is 6.61 Å². The van der Waals surface area contributed by atoms with Gasteiger partial charge < -0.3 is 24.1 Å². The van der Waals surface area contributed by atoms with Gasteiger partial charge in [-0.25, -0.2) is 0 Å². The first-order valence-corrected chi connectivity index (χ1v) is 8.59. The average Bonchev–Trinajstić information content (AvgIpc) is 2.54. The fourth-order valence-corrected chi connectivity index (χ4v) is 2.76. The van der Waals surface area contributed by atoms with Gasteiger partial charge in [-0.15, -0.1) is 0 Å². The summed E-state index contributed by atoms with van der Waals surface area (Å²) < 4.78 is 22.6. The zero-order valence-corrected chi connectivity index (χ0v) is 15.6. The quantitative estimate of drug-likeness (QED) is 0.519. The van der Waals surface area contributed by atoms with Crippen LogP contribution in [0.25, 0.3) is 0 Å². The van der Waals surface area contributed by atoms with Gasteiger partial charge >= 0.3 is 0 Å². The molecule has 0 unspecified atom stereocenters. The third kappa shape index (κ3) is 5.26. The van der Waals surface area contributed by atoms with Crippen molar-refractivity contribution >= 4 is 0 Å². The van der Waals surface area contributed by atoms with Crippen LogP contribution in [0.5, 0.6) is 0 Å². The van der Waals surface area contributed by atoms with Crippen LogP contribution in [-0.4, -0.2) is 49.7 Å². The Morgan fingerprint density at radius 2 is 1.87 bits per heavy atom. The Hall–Kier alpha value is -0.460. The Morgan fingerprint density at radius 1 is 1.22 bits per heavy atom. The number of hydrogen-bond acceptors (Lipinski definition) is 5. The van der Waals surface area contributed by atoms with Crippen LogP contribution in [0.3, 0.4) is 0 Å². The number of allylic oxidation sites excluding steroid dienone is 1. The van der Waals surface area contributed by atoms with Gasteiger partial charge in [-0.05, 0) is 33.6 Å². The van der Waals surface area contributed by atoms with Crippen molar-refractivity contribution in [2.24, 2.45) is 0 Å². The third-order valence-corrected chi connectivity index (χ3v) is 4.76. The van der Waals surface area contributed by atoms with Crippen LogP contribution in [0, 0.1) is 0 Å². The molecule has 0 amide bonds. The highest BCUT2D eigenvalue weighted by atomic mass is 16.8. The lowest BCUT2D eigenvalue weighted by Crippen LogP contribution is -2.63. The maximum atomic E-state index is 10.4. The van der Waals surface area contributed by atoms with Gasteiger partial charge in [-0.1, -0.05) is 37.8 Å². The Morgan fingerprint density at radius 3 is 2.43 bits per heavy atom. The molecule has 5 nitrogen and oxygen atoms in total. The summed E-state index contributed by atoms with van der Waals surface area (Å²) in [5, 5.41) is 10.4. The molecule has 1 rings (SSSR count). The lowest BCUT2D eigenvalue weighted by Gasteiger charge is -2.49. The smallest absolute Gasteiger partial charge is 0.220 e. The van der Waals surface area contributed by atoms with E-state index < -0.39 is 23.8 Å². The number of aliphatic hydroxyl groups is 1. The summed E-state index contributed by atoms with van der Waals surface area (Å²) in [4.78, 5) is 0. The second-order valence-corrected chi connectivity index (χ2v) is 6.58. The maximum absolute atomic E-state index is 10.4. The number of hydrogen-bond donors (Lipinski definition) is 1. The van der Waals surface area contributed by atoms with Crippen molar-refractivity contribution in [2.45, 2.75) is 83.6 Å². The van der Waals surface area contributed by atoms with E-state index >= 15 is 0 Å². The lowest BCUT2D eigenvalue weighted by molar-refractivity contribution is -0.435.